The summed E-state index contributed by atoms with van der Waals surface area (Å²) in [6, 6.07) is -0.703. The lowest BCUT2D eigenvalue weighted by Crippen LogP contribution is -2.50. The Morgan fingerprint density at radius 2 is 2.15 bits per heavy atom. The lowest BCUT2D eigenvalue weighted by Gasteiger charge is -2.30. The molecular formula is C8H13NO3S. The zero-order chi connectivity index (χ0) is 10.3. The highest BCUT2D eigenvalue weighted by molar-refractivity contribution is 7.87. The van der Waals surface area contributed by atoms with Crippen LogP contribution in [0.1, 0.15) is 13.8 Å². The lowest BCUT2D eigenvalue weighted by atomic mass is 9.93. The zero-order valence-corrected chi connectivity index (χ0v) is 8.38. The van der Waals surface area contributed by atoms with Crippen molar-refractivity contribution in [2.24, 2.45) is 5.73 Å². The fourth-order valence-corrected chi connectivity index (χ4v) is 2.05. The third kappa shape index (κ3) is 1.67. The van der Waals surface area contributed by atoms with E-state index in [0.717, 1.165) is 5.57 Å². The summed E-state index contributed by atoms with van der Waals surface area (Å²) < 4.78 is 29.7. The summed E-state index contributed by atoms with van der Waals surface area (Å²) >= 11 is 0. The molecule has 0 saturated heterocycles. The quantitative estimate of drug-likeness (QED) is 0.607. The summed E-state index contributed by atoms with van der Waals surface area (Å²) in [6.45, 7) is 3.16. The van der Waals surface area contributed by atoms with Gasteiger partial charge in [-0.1, -0.05) is 23.8 Å². The van der Waals surface area contributed by atoms with Crippen molar-refractivity contribution in [1.29, 1.82) is 0 Å². The highest BCUT2D eigenvalue weighted by Crippen LogP contribution is 2.27. The Morgan fingerprint density at radius 1 is 1.62 bits per heavy atom. The van der Waals surface area contributed by atoms with E-state index in [2.05, 4.69) is 0 Å². The molecule has 0 aliphatic heterocycles. The molecule has 0 heterocycles. The lowest BCUT2D eigenvalue weighted by molar-refractivity contribution is 0.441. The largest absolute Gasteiger partial charge is 0.323 e. The Balaban J connectivity index is 3.25. The first-order valence-corrected chi connectivity index (χ1v) is 5.31. The van der Waals surface area contributed by atoms with E-state index < -0.39 is 20.9 Å². The molecule has 1 aliphatic carbocycles. The molecule has 4 nitrogen and oxygen atoms in total. The second-order valence-electron chi connectivity index (χ2n) is 3.43. The Kier molecular flexibility index (Phi) is 2.36. The molecule has 0 aromatic rings. The van der Waals surface area contributed by atoms with Crippen LogP contribution >= 0.6 is 0 Å². The minimum absolute atomic E-state index is 0.703. The van der Waals surface area contributed by atoms with Crippen LogP contribution in [0.3, 0.4) is 0 Å². The van der Waals surface area contributed by atoms with E-state index >= 15 is 0 Å². The molecule has 1 aliphatic rings. The molecule has 74 valence electrons. The Bertz CT molecular complexity index is 369. The second kappa shape index (κ2) is 2.94. The van der Waals surface area contributed by atoms with Gasteiger partial charge in [0.2, 0.25) is 0 Å². The van der Waals surface area contributed by atoms with Gasteiger partial charge in [-0.05, 0) is 13.8 Å². The average Bonchev–Trinajstić information content (AvgIpc) is 1.95. The van der Waals surface area contributed by atoms with Crippen molar-refractivity contribution in [1.82, 2.24) is 0 Å². The number of rotatable bonds is 1. The van der Waals surface area contributed by atoms with Gasteiger partial charge in [0, 0.05) is 6.04 Å². The summed E-state index contributed by atoms with van der Waals surface area (Å²) in [6.07, 6.45) is 4.77. The summed E-state index contributed by atoms with van der Waals surface area (Å²) in [5, 5.41) is 0. The first-order chi connectivity index (χ1) is 5.77. The van der Waals surface area contributed by atoms with Crippen LogP contribution in [0.5, 0.6) is 0 Å². The van der Waals surface area contributed by atoms with Crippen molar-refractivity contribution < 1.29 is 13.0 Å². The van der Waals surface area contributed by atoms with Gasteiger partial charge in [-0.2, -0.15) is 8.42 Å². The Morgan fingerprint density at radius 3 is 2.54 bits per heavy atom. The van der Waals surface area contributed by atoms with E-state index in [1.165, 1.54) is 13.0 Å². The van der Waals surface area contributed by atoms with E-state index in [-0.39, 0.29) is 0 Å². The topological polar surface area (TPSA) is 80.4 Å². The highest BCUT2D eigenvalue weighted by atomic mass is 32.2. The molecule has 0 amide bonds. The molecule has 0 bridgehead atoms. The molecule has 2 unspecified atom stereocenters. The van der Waals surface area contributed by atoms with Gasteiger partial charge in [-0.25, -0.2) is 0 Å². The van der Waals surface area contributed by atoms with Crippen LogP contribution in [0, 0.1) is 0 Å². The molecule has 2 atom stereocenters. The van der Waals surface area contributed by atoms with Gasteiger partial charge in [0.15, 0.2) is 0 Å². The standard InChI is InChI=1S/C8H13NO3S/c1-6-3-4-7(9)8(2,5-6)13(10,11)12/h3-5,7H,9H2,1-2H3,(H,10,11,12). The fraction of sp³-hybridized carbons (Fsp3) is 0.500. The zero-order valence-electron chi connectivity index (χ0n) is 7.56. The molecular weight excluding hydrogens is 190 g/mol. The predicted octanol–water partition coefficient (Wildman–Crippen LogP) is 0.476. The molecule has 0 saturated carbocycles. The molecule has 0 aromatic carbocycles. The normalized spacial score (nSPS) is 34.5. The summed E-state index contributed by atoms with van der Waals surface area (Å²) in [5.41, 5.74) is 6.37. The van der Waals surface area contributed by atoms with Crippen LogP contribution in [0.25, 0.3) is 0 Å². The Labute approximate surface area is 77.9 Å². The first kappa shape index (κ1) is 10.4. The van der Waals surface area contributed by atoms with Gasteiger partial charge in [-0.3, -0.25) is 4.55 Å². The van der Waals surface area contributed by atoms with Crippen molar-refractivity contribution in [3.63, 3.8) is 0 Å². The fourth-order valence-electron chi connectivity index (χ4n) is 1.29. The van der Waals surface area contributed by atoms with Gasteiger partial charge >= 0.3 is 0 Å². The van der Waals surface area contributed by atoms with E-state index in [1.54, 1.807) is 19.1 Å². The van der Waals surface area contributed by atoms with Crippen LogP contribution in [0.15, 0.2) is 23.8 Å². The summed E-state index contributed by atoms with van der Waals surface area (Å²) in [7, 11) is -4.16. The first-order valence-electron chi connectivity index (χ1n) is 3.87. The van der Waals surface area contributed by atoms with Crippen LogP contribution in [0.4, 0.5) is 0 Å². The van der Waals surface area contributed by atoms with Crippen LogP contribution in [-0.4, -0.2) is 23.8 Å². The monoisotopic (exact) mass is 203 g/mol. The smallest absolute Gasteiger partial charge is 0.275 e. The maximum absolute atomic E-state index is 11.1. The number of hydrogen-bond acceptors (Lipinski definition) is 3. The van der Waals surface area contributed by atoms with Crippen molar-refractivity contribution in [2.75, 3.05) is 0 Å². The van der Waals surface area contributed by atoms with E-state index in [9.17, 15) is 8.42 Å². The summed E-state index contributed by atoms with van der Waals surface area (Å²) in [5.74, 6) is 0. The van der Waals surface area contributed by atoms with E-state index in [0.29, 0.717) is 0 Å². The number of hydrogen-bond donors (Lipinski definition) is 2. The minimum Gasteiger partial charge on any atom is -0.323 e. The van der Waals surface area contributed by atoms with Crippen molar-refractivity contribution >= 4 is 10.1 Å². The van der Waals surface area contributed by atoms with Crippen LogP contribution in [-0.2, 0) is 10.1 Å². The molecule has 0 radical (unpaired) electrons. The maximum atomic E-state index is 11.1. The molecule has 0 aromatic heterocycles. The van der Waals surface area contributed by atoms with E-state index in [1.807, 2.05) is 0 Å². The second-order valence-corrected chi connectivity index (χ2v) is 5.26. The summed E-state index contributed by atoms with van der Waals surface area (Å²) in [4.78, 5) is 0. The van der Waals surface area contributed by atoms with Crippen molar-refractivity contribution in [2.45, 2.75) is 24.6 Å². The van der Waals surface area contributed by atoms with Crippen LogP contribution in [0.2, 0.25) is 0 Å². The number of allylic oxidation sites excluding steroid dienone is 2. The highest BCUT2D eigenvalue weighted by Gasteiger charge is 2.42. The van der Waals surface area contributed by atoms with Gasteiger partial charge < -0.3 is 5.73 Å². The molecule has 1 rings (SSSR count). The minimum atomic E-state index is -4.16. The molecule has 3 N–H and O–H groups in total. The third-order valence-corrected chi connectivity index (χ3v) is 3.80. The van der Waals surface area contributed by atoms with E-state index in [4.69, 9.17) is 10.3 Å². The predicted molar refractivity (Wildman–Crippen MR) is 50.8 cm³/mol. The molecule has 0 fully saturated rings. The molecule has 5 heteroatoms. The van der Waals surface area contributed by atoms with Gasteiger partial charge in [0.25, 0.3) is 10.1 Å². The molecule has 13 heavy (non-hydrogen) atoms. The Hall–Kier alpha value is -0.650. The van der Waals surface area contributed by atoms with Crippen molar-refractivity contribution in [3.05, 3.63) is 23.8 Å². The third-order valence-electron chi connectivity index (χ3n) is 2.30. The number of nitrogens with two attached hydrogens (primary N) is 1. The van der Waals surface area contributed by atoms with Crippen LogP contribution < -0.4 is 5.73 Å². The van der Waals surface area contributed by atoms with Crippen molar-refractivity contribution in [3.8, 4) is 0 Å². The van der Waals surface area contributed by atoms with Gasteiger partial charge in [-0.15, -0.1) is 0 Å². The van der Waals surface area contributed by atoms with Gasteiger partial charge in [0.05, 0.1) is 0 Å². The molecule has 0 spiro atoms. The SMILES string of the molecule is CC1=CC(C)(S(=O)(=O)O)C(N)C=C1. The maximum Gasteiger partial charge on any atom is 0.275 e. The van der Waals surface area contributed by atoms with Gasteiger partial charge in [0.1, 0.15) is 4.75 Å². The average molecular weight is 203 g/mol.